The van der Waals surface area contributed by atoms with Gasteiger partial charge in [0.2, 0.25) is 0 Å². The molecule has 0 atom stereocenters. The van der Waals surface area contributed by atoms with E-state index in [9.17, 15) is 12.8 Å². The molecule has 0 amide bonds. The number of pyridine rings is 1. The second-order valence-electron chi connectivity index (χ2n) is 6.39. The predicted molar refractivity (Wildman–Crippen MR) is 90.4 cm³/mol. The summed E-state index contributed by atoms with van der Waals surface area (Å²) in [5.41, 5.74) is 1.05. The number of hydrogen-bond acceptors (Lipinski definition) is 7. The number of sulfone groups is 1. The highest BCUT2D eigenvalue weighted by Gasteiger charge is 2.49. The first-order chi connectivity index (χ1) is 12.8. The lowest BCUT2D eigenvalue weighted by molar-refractivity contribution is -0.165. The summed E-state index contributed by atoms with van der Waals surface area (Å²) in [7, 11) is -3.63. The van der Waals surface area contributed by atoms with Crippen LogP contribution in [0.2, 0.25) is 0 Å². The lowest BCUT2D eigenvalue weighted by Gasteiger charge is -2.24. The summed E-state index contributed by atoms with van der Waals surface area (Å²) in [6.07, 6.45) is 3.25. The number of benzene rings is 1. The van der Waals surface area contributed by atoms with E-state index in [-0.39, 0.29) is 22.1 Å². The zero-order valence-corrected chi connectivity index (χ0v) is 15.2. The van der Waals surface area contributed by atoms with Gasteiger partial charge in [0.05, 0.1) is 36.6 Å². The van der Waals surface area contributed by atoms with Crippen molar-refractivity contribution in [3.8, 4) is 17.6 Å². The van der Waals surface area contributed by atoms with Crippen LogP contribution in [0.1, 0.15) is 23.1 Å². The van der Waals surface area contributed by atoms with Crippen molar-refractivity contribution in [2.45, 2.75) is 23.7 Å². The van der Waals surface area contributed by atoms with E-state index in [1.54, 1.807) is 0 Å². The van der Waals surface area contributed by atoms with Gasteiger partial charge in [0.1, 0.15) is 17.3 Å². The number of ether oxygens (including phenoxy) is 3. The van der Waals surface area contributed by atoms with Gasteiger partial charge in [0.15, 0.2) is 20.7 Å². The molecule has 140 valence electrons. The summed E-state index contributed by atoms with van der Waals surface area (Å²) in [5.74, 6) is -1.36. The summed E-state index contributed by atoms with van der Waals surface area (Å²) >= 11 is 0. The predicted octanol–water partition coefficient (Wildman–Crippen LogP) is 2.43. The average Bonchev–Trinajstić information content (AvgIpc) is 3.23. The van der Waals surface area contributed by atoms with E-state index < -0.39 is 21.4 Å². The Morgan fingerprint density at radius 3 is 2.70 bits per heavy atom. The number of rotatable bonds is 3. The van der Waals surface area contributed by atoms with Crippen molar-refractivity contribution in [2.75, 3.05) is 19.5 Å². The van der Waals surface area contributed by atoms with Crippen molar-refractivity contribution in [2.24, 2.45) is 0 Å². The fourth-order valence-corrected chi connectivity index (χ4v) is 4.39. The maximum absolute atomic E-state index is 13.7. The van der Waals surface area contributed by atoms with E-state index in [0.717, 1.165) is 18.4 Å². The Kier molecular flexibility index (Phi) is 4.14. The van der Waals surface area contributed by atoms with E-state index in [4.69, 9.17) is 19.5 Å². The zero-order chi connectivity index (χ0) is 19.2. The summed E-state index contributed by atoms with van der Waals surface area (Å²) in [4.78, 5) is 4.07. The van der Waals surface area contributed by atoms with E-state index >= 15 is 0 Å². The van der Waals surface area contributed by atoms with Crippen LogP contribution in [0.5, 0.6) is 11.5 Å². The molecule has 9 heteroatoms. The van der Waals surface area contributed by atoms with Gasteiger partial charge >= 0.3 is 0 Å². The second-order valence-corrected chi connectivity index (χ2v) is 8.32. The van der Waals surface area contributed by atoms with Crippen molar-refractivity contribution in [3.05, 3.63) is 46.9 Å². The SMILES string of the molecule is CS(=O)(=O)c1ncc(Oc2cc(F)cc(C#N)c2)c2c1C1(CC2)OCCO1. The van der Waals surface area contributed by atoms with Crippen LogP contribution in [0.3, 0.4) is 0 Å². The van der Waals surface area contributed by atoms with Crippen LogP contribution in [-0.4, -0.2) is 32.9 Å². The van der Waals surface area contributed by atoms with Crippen LogP contribution >= 0.6 is 0 Å². The molecule has 1 aliphatic heterocycles. The van der Waals surface area contributed by atoms with E-state index in [1.807, 2.05) is 6.07 Å². The Labute approximate surface area is 155 Å². The number of nitriles is 1. The molecule has 1 aromatic heterocycles. The van der Waals surface area contributed by atoms with Gasteiger partial charge in [-0.3, -0.25) is 0 Å². The molecule has 1 spiro atoms. The fraction of sp³-hybridized carbons (Fsp3) is 0.333. The molecule has 0 radical (unpaired) electrons. The lowest BCUT2D eigenvalue weighted by atomic mass is 10.1. The van der Waals surface area contributed by atoms with Gasteiger partial charge in [0, 0.05) is 24.3 Å². The van der Waals surface area contributed by atoms with Crippen molar-refractivity contribution in [3.63, 3.8) is 0 Å². The molecule has 0 saturated carbocycles. The van der Waals surface area contributed by atoms with Crippen molar-refractivity contribution >= 4 is 9.84 Å². The minimum absolute atomic E-state index is 0.110. The standard InChI is InChI=1S/C18H15FN2O5S/c1-27(22,23)17-16-14(2-3-18(16)24-4-5-25-18)15(10-21-17)26-13-7-11(9-20)6-12(19)8-13/h6-8,10H,2-5H2,1H3. The Hall–Kier alpha value is -2.54. The molecule has 27 heavy (non-hydrogen) atoms. The molecule has 0 bridgehead atoms. The first kappa shape index (κ1) is 17.9. The van der Waals surface area contributed by atoms with Crippen LogP contribution in [0.25, 0.3) is 0 Å². The van der Waals surface area contributed by atoms with E-state index in [1.165, 1.54) is 12.3 Å². The largest absolute Gasteiger partial charge is 0.455 e. The molecular weight excluding hydrogens is 375 g/mol. The minimum atomic E-state index is -3.63. The number of hydrogen-bond donors (Lipinski definition) is 0. The normalized spacial score (nSPS) is 17.7. The third-order valence-electron chi connectivity index (χ3n) is 4.53. The molecule has 1 aliphatic carbocycles. The third kappa shape index (κ3) is 3.06. The maximum atomic E-state index is 13.7. The monoisotopic (exact) mass is 390 g/mol. The average molecular weight is 390 g/mol. The molecule has 4 rings (SSSR count). The van der Waals surface area contributed by atoms with Gasteiger partial charge in [-0.2, -0.15) is 5.26 Å². The Morgan fingerprint density at radius 2 is 2.04 bits per heavy atom. The molecule has 2 heterocycles. The fourth-order valence-electron chi connectivity index (χ4n) is 3.49. The molecule has 0 unspecified atom stereocenters. The molecule has 0 N–H and O–H groups in total. The zero-order valence-electron chi connectivity index (χ0n) is 14.4. The first-order valence-electron chi connectivity index (χ1n) is 8.21. The molecular formula is C18H15FN2O5S. The highest BCUT2D eigenvalue weighted by molar-refractivity contribution is 7.90. The number of aromatic nitrogens is 1. The number of halogens is 1. The highest BCUT2D eigenvalue weighted by atomic mass is 32.2. The number of nitrogens with zero attached hydrogens (tertiary/aromatic N) is 2. The summed E-state index contributed by atoms with van der Waals surface area (Å²) in [6.45, 7) is 0.701. The van der Waals surface area contributed by atoms with Gasteiger partial charge in [-0.1, -0.05) is 0 Å². The molecule has 2 aromatic rings. The minimum Gasteiger partial charge on any atom is -0.455 e. The number of fused-ring (bicyclic) bond motifs is 2. The summed E-state index contributed by atoms with van der Waals surface area (Å²) in [6, 6.07) is 5.49. The van der Waals surface area contributed by atoms with Crippen molar-refractivity contribution in [1.82, 2.24) is 4.98 Å². The molecule has 1 fully saturated rings. The lowest BCUT2D eigenvalue weighted by Crippen LogP contribution is -2.26. The van der Waals surface area contributed by atoms with Gasteiger partial charge in [-0.15, -0.1) is 0 Å². The van der Waals surface area contributed by atoms with Gasteiger partial charge in [-0.05, 0) is 18.6 Å². The summed E-state index contributed by atoms with van der Waals surface area (Å²) in [5, 5.41) is 8.88. The van der Waals surface area contributed by atoms with Crippen LogP contribution in [0.15, 0.2) is 29.4 Å². The van der Waals surface area contributed by atoms with Crippen molar-refractivity contribution in [1.29, 1.82) is 5.26 Å². The summed E-state index contributed by atoms with van der Waals surface area (Å²) < 4.78 is 55.4. The van der Waals surface area contributed by atoms with Gasteiger partial charge in [0.25, 0.3) is 0 Å². The smallest absolute Gasteiger partial charge is 0.198 e. The molecule has 7 nitrogen and oxygen atoms in total. The Morgan fingerprint density at radius 1 is 1.30 bits per heavy atom. The molecule has 1 aromatic carbocycles. The molecule has 2 aliphatic rings. The van der Waals surface area contributed by atoms with Crippen LogP contribution in [-0.2, 0) is 31.5 Å². The van der Waals surface area contributed by atoms with Crippen LogP contribution in [0, 0.1) is 17.1 Å². The van der Waals surface area contributed by atoms with Crippen LogP contribution in [0.4, 0.5) is 4.39 Å². The van der Waals surface area contributed by atoms with E-state index in [0.29, 0.717) is 37.2 Å². The topological polar surface area (TPSA) is 98.5 Å². The Bertz CT molecular complexity index is 1070. The van der Waals surface area contributed by atoms with E-state index in [2.05, 4.69) is 4.98 Å². The van der Waals surface area contributed by atoms with Gasteiger partial charge < -0.3 is 14.2 Å². The second kappa shape index (κ2) is 6.27. The quantitative estimate of drug-likeness (QED) is 0.794. The maximum Gasteiger partial charge on any atom is 0.198 e. The van der Waals surface area contributed by atoms with Crippen LogP contribution < -0.4 is 4.74 Å². The molecule has 1 saturated heterocycles. The Balaban J connectivity index is 1.84. The highest BCUT2D eigenvalue weighted by Crippen LogP contribution is 2.49. The van der Waals surface area contributed by atoms with Crippen molar-refractivity contribution < 1.29 is 27.0 Å². The van der Waals surface area contributed by atoms with Gasteiger partial charge in [-0.25, -0.2) is 17.8 Å². The third-order valence-corrected chi connectivity index (χ3v) is 5.54. The first-order valence-corrected chi connectivity index (χ1v) is 10.1.